The molecule has 0 saturated carbocycles. The van der Waals surface area contributed by atoms with Crippen LogP contribution in [0.25, 0.3) is 11.3 Å². The van der Waals surface area contributed by atoms with Gasteiger partial charge in [-0.3, -0.25) is 4.68 Å². The molecular formula is C22H27F3N6O3. The van der Waals surface area contributed by atoms with Gasteiger partial charge in [0.1, 0.15) is 0 Å². The van der Waals surface area contributed by atoms with Crippen molar-refractivity contribution in [1.82, 2.24) is 29.9 Å². The first-order valence-corrected chi connectivity index (χ1v) is 10.9. The number of ether oxygens (including phenoxy) is 2. The number of aliphatic hydroxyl groups excluding tert-OH is 1. The monoisotopic (exact) mass is 480 g/mol. The van der Waals surface area contributed by atoms with Gasteiger partial charge < -0.3 is 14.6 Å². The van der Waals surface area contributed by atoms with Gasteiger partial charge in [-0.2, -0.15) is 33.3 Å². The van der Waals surface area contributed by atoms with Crippen LogP contribution >= 0.6 is 0 Å². The molecule has 9 nitrogen and oxygen atoms in total. The molecule has 3 rings (SSSR count). The summed E-state index contributed by atoms with van der Waals surface area (Å²) in [5.41, 5.74) is 0.673. The summed E-state index contributed by atoms with van der Waals surface area (Å²) in [6, 6.07) is 3.51. The Morgan fingerprint density at radius 3 is 2.44 bits per heavy atom. The van der Waals surface area contributed by atoms with Crippen LogP contribution in [-0.2, 0) is 26.1 Å². The number of aryl methyl sites for hydroxylation is 3. The van der Waals surface area contributed by atoms with E-state index in [9.17, 15) is 18.3 Å². The maximum atomic E-state index is 13.3. The molecule has 0 radical (unpaired) electrons. The van der Waals surface area contributed by atoms with Gasteiger partial charge >= 0.3 is 12.2 Å². The van der Waals surface area contributed by atoms with Crippen LogP contribution in [0.3, 0.4) is 0 Å². The van der Waals surface area contributed by atoms with Crippen molar-refractivity contribution in [2.75, 3.05) is 13.2 Å². The zero-order valence-electron chi connectivity index (χ0n) is 19.4. The van der Waals surface area contributed by atoms with Crippen LogP contribution in [0, 0.1) is 6.92 Å². The van der Waals surface area contributed by atoms with E-state index in [-0.39, 0.29) is 23.7 Å². The van der Waals surface area contributed by atoms with Crippen LogP contribution in [0.1, 0.15) is 42.9 Å². The van der Waals surface area contributed by atoms with Crippen LogP contribution < -0.4 is 9.47 Å². The second-order valence-electron chi connectivity index (χ2n) is 7.67. The van der Waals surface area contributed by atoms with Gasteiger partial charge in [0, 0.05) is 25.7 Å². The maximum Gasteiger partial charge on any atom is 0.435 e. The van der Waals surface area contributed by atoms with E-state index >= 15 is 0 Å². The van der Waals surface area contributed by atoms with E-state index in [0.29, 0.717) is 48.9 Å². The highest BCUT2D eigenvalue weighted by Crippen LogP contribution is 2.36. The highest BCUT2D eigenvalue weighted by molar-refractivity contribution is 5.65. The molecule has 0 aliphatic rings. The van der Waals surface area contributed by atoms with Gasteiger partial charge in [-0.15, -0.1) is 5.10 Å². The standard InChI is InChI=1S/C22H27F3N6O3/c1-5-33-18-11-15(26-21(27-18)34-6-2)10-16(32)8-7-14-9-13(3)19(29-28-14)17-12-31(4)30-20(17)22(23,24)25/h9,11-12,16,32H,5-8,10H2,1-4H3. The fraction of sp³-hybridized carbons (Fsp3) is 0.500. The summed E-state index contributed by atoms with van der Waals surface area (Å²) in [7, 11) is 1.42. The Kier molecular flexibility index (Phi) is 8.02. The molecular weight excluding hydrogens is 453 g/mol. The number of nitrogens with zero attached hydrogens (tertiary/aromatic N) is 6. The molecule has 0 aliphatic carbocycles. The molecule has 0 spiro atoms. The van der Waals surface area contributed by atoms with Gasteiger partial charge in [-0.05, 0) is 45.2 Å². The number of hydrogen-bond acceptors (Lipinski definition) is 8. The summed E-state index contributed by atoms with van der Waals surface area (Å²) in [5, 5.41) is 22.1. The lowest BCUT2D eigenvalue weighted by molar-refractivity contribution is -0.141. The topological polar surface area (TPSA) is 108 Å². The van der Waals surface area contributed by atoms with Gasteiger partial charge in [-0.1, -0.05) is 0 Å². The van der Waals surface area contributed by atoms with E-state index in [1.54, 1.807) is 19.1 Å². The summed E-state index contributed by atoms with van der Waals surface area (Å²) in [6.07, 6.45) is -3.08. The highest BCUT2D eigenvalue weighted by Gasteiger charge is 2.38. The van der Waals surface area contributed by atoms with Gasteiger partial charge in [-0.25, -0.2) is 0 Å². The third-order valence-corrected chi connectivity index (χ3v) is 4.87. The molecule has 0 aliphatic heterocycles. The lowest BCUT2D eigenvalue weighted by atomic mass is 10.0. The van der Waals surface area contributed by atoms with Crippen molar-refractivity contribution in [2.45, 2.75) is 52.3 Å². The predicted molar refractivity (Wildman–Crippen MR) is 116 cm³/mol. The molecule has 3 aromatic rings. The third kappa shape index (κ3) is 6.40. The SMILES string of the molecule is CCOc1cc(CC(O)CCc2cc(C)c(-c3cn(C)nc3C(F)(F)F)nn2)nc(OCC)n1. The quantitative estimate of drug-likeness (QED) is 0.471. The maximum absolute atomic E-state index is 13.3. The smallest absolute Gasteiger partial charge is 0.435 e. The van der Waals surface area contributed by atoms with Gasteiger partial charge in [0.15, 0.2) is 5.69 Å². The average molecular weight is 480 g/mol. The van der Waals surface area contributed by atoms with E-state index in [1.165, 1.54) is 13.2 Å². The largest absolute Gasteiger partial charge is 0.478 e. The molecule has 0 bridgehead atoms. The number of alkyl halides is 3. The highest BCUT2D eigenvalue weighted by atomic mass is 19.4. The van der Waals surface area contributed by atoms with Crippen LogP contribution in [0.4, 0.5) is 13.2 Å². The Bertz CT molecular complexity index is 1100. The summed E-state index contributed by atoms with van der Waals surface area (Å²) in [4.78, 5) is 8.44. The second kappa shape index (κ2) is 10.8. The van der Waals surface area contributed by atoms with E-state index in [4.69, 9.17) is 9.47 Å². The van der Waals surface area contributed by atoms with Crippen LogP contribution in [0.5, 0.6) is 11.9 Å². The lowest BCUT2D eigenvalue weighted by Gasteiger charge is -2.13. The number of halogens is 3. The number of rotatable bonds is 10. The minimum atomic E-state index is -4.60. The first kappa shape index (κ1) is 25.3. The molecule has 12 heteroatoms. The van der Waals surface area contributed by atoms with Crippen LogP contribution in [0.2, 0.25) is 0 Å². The Balaban J connectivity index is 1.68. The molecule has 3 heterocycles. The zero-order valence-corrected chi connectivity index (χ0v) is 19.4. The fourth-order valence-electron chi connectivity index (χ4n) is 3.43. The second-order valence-corrected chi connectivity index (χ2v) is 7.67. The van der Waals surface area contributed by atoms with Gasteiger partial charge in [0.05, 0.1) is 42.0 Å². The number of aromatic nitrogens is 6. The average Bonchev–Trinajstić information content (AvgIpc) is 3.14. The molecule has 1 atom stereocenters. The summed E-state index contributed by atoms with van der Waals surface area (Å²) >= 11 is 0. The van der Waals surface area contributed by atoms with E-state index in [1.807, 2.05) is 13.8 Å². The van der Waals surface area contributed by atoms with E-state index in [0.717, 1.165) is 4.68 Å². The van der Waals surface area contributed by atoms with Crippen molar-refractivity contribution in [3.8, 4) is 23.1 Å². The van der Waals surface area contributed by atoms with Crippen molar-refractivity contribution >= 4 is 0 Å². The molecule has 0 aromatic carbocycles. The predicted octanol–water partition coefficient (Wildman–Crippen LogP) is 3.33. The van der Waals surface area contributed by atoms with E-state index < -0.39 is 18.0 Å². The zero-order chi connectivity index (χ0) is 24.9. The third-order valence-electron chi connectivity index (χ3n) is 4.87. The summed E-state index contributed by atoms with van der Waals surface area (Å²) < 4.78 is 51.8. The molecule has 0 saturated heterocycles. The molecule has 1 N–H and O–H groups in total. The van der Waals surface area contributed by atoms with E-state index in [2.05, 4.69) is 25.3 Å². The minimum Gasteiger partial charge on any atom is -0.478 e. The number of hydrogen-bond donors (Lipinski definition) is 1. The van der Waals surface area contributed by atoms with Crippen molar-refractivity contribution in [3.63, 3.8) is 0 Å². The van der Waals surface area contributed by atoms with Gasteiger partial charge in [0.25, 0.3) is 0 Å². The lowest BCUT2D eigenvalue weighted by Crippen LogP contribution is -2.14. The molecule has 3 aromatic heterocycles. The van der Waals surface area contributed by atoms with Crippen LogP contribution in [-0.4, -0.2) is 54.4 Å². The normalized spacial score (nSPS) is 12.6. The van der Waals surface area contributed by atoms with Crippen molar-refractivity contribution in [3.05, 3.63) is 41.0 Å². The molecule has 184 valence electrons. The number of aliphatic hydroxyl groups is 1. The summed E-state index contributed by atoms with van der Waals surface area (Å²) in [6.45, 7) is 6.15. The fourth-order valence-corrected chi connectivity index (χ4v) is 3.43. The molecule has 0 amide bonds. The molecule has 0 fully saturated rings. The van der Waals surface area contributed by atoms with Crippen molar-refractivity contribution < 1.29 is 27.8 Å². The molecule has 34 heavy (non-hydrogen) atoms. The minimum absolute atomic E-state index is 0.120. The Morgan fingerprint density at radius 1 is 1.06 bits per heavy atom. The van der Waals surface area contributed by atoms with Crippen LogP contribution in [0.15, 0.2) is 18.3 Å². The van der Waals surface area contributed by atoms with Crippen molar-refractivity contribution in [2.24, 2.45) is 7.05 Å². The summed E-state index contributed by atoms with van der Waals surface area (Å²) in [5.74, 6) is 0.369. The van der Waals surface area contributed by atoms with Crippen molar-refractivity contribution in [1.29, 1.82) is 0 Å². The first-order chi connectivity index (χ1) is 16.1. The molecule has 1 unspecified atom stereocenters. The van der Waals surface area contributed by atoms with Gasteiger partial charge in [0.2, 0.25) is 5.88 Å². The Morgan fingerprint density at radius 2 is 1.79 bits per heavy atom. The first-order valence-electron chi connectivity index (χ1n) is 10.9. The Hall–Kier alpha value is -3.28. The Labute approximate surface area is 195 Å².